The van der Waals surface area contributed by atoms with Crippen molar-refractivity contribution < 1.29 is 13.6 Å². The van der Waals surface area contributed by atoms with Crippen molar-refractivity contribution in [2.24, 2.45) is 5.92 Å². The Hall–Kier alpha value is -2.41. The molecule has 1 aliphatic heterocycles. The van der Waals surface area contributed by atoms with E-state index in [0.29, 0.717) is 5.92 Å². The second kappa shape index (κ2) is 9.68. The Kier molecular flexibility index (Phi) is 7.03. The first-order chi connectivity index (χ1) is 13.5. The lowest BCUT2D eigenvalue weighted by Crippen LogP contribution is -2.48. The smallest absolute Gasteiger partial charge is 0.280 e. The van der Waals surface area contributed by atoms with Crippen molar-refractivity contribution in [3.05, 3.63) is 59.7 Å². The number of likely N-dealkylation sites (tertiary alicyclic amines) is 1. The summed E-state index contributed by atoms with van der Waals surface area (Å²) in [7, 11) is 0. The molecule has 0 bridgehead atoms. The molecule has 1 saturated heterocycles. The van der Waals surface area contributed by atoms with Crippen LogP contribution < -0.4 is 5.32 Å². The van der Waals surface area contributed by atoms with Crippen LogP contribution in [-0.2, 0) is 17.8 Å². The van der Waals surface area contributed by atoms with E-state index in [9.17, 15) is 13.6 Å². The van der Waals surface area contributed by atoms with Crippen molar-refractivity contribution in [3.8, 4) is 0 Å². The number of aromatic nitrogens is 2. The van der Waals surface area contributed by atoms with Gasteiger partial charge in [0.15, 0.2) is 0 Å². The molecule has 7 heteroatoms. The average molecular weight is 388 g/mol. The minimum Gasteiger partial charge on any atom is -0.347 e. The maximum absolute atomic E-state index is 12.7. The van der Waals surface area contributed by atoms with Gasteiger partial charge in [0.05, 0.1) is 12.6 Å². The van der Waals surface area contributed by atoms with Gasteiger partial charge >= 0.3 is 0 Å². The number of benzene rings is 1. The summed E-state index contributed by atoms with van der Waals surface area (Å²) in [6.07, 6.45) is 1.84. The zero-order valence-corrected chi connectivity index (χ0v) is 16.0. The van der Waals surface area contributed by atoms with Crippen molar-refractivity contribution in [1.82, 2.24) is 20.2 Å². The quantitative estimate of drug-likeness (QED) is 0.790. The van der Waals surface area contributed by atoms with Crippen LogP contribution in [0, 0.1) is 5.92 Å². The molecule has 1 amide bonds. The Bertz CT molecular complexity index is 764. The molecule has 3 rings (SSSR count). The highest BCUT2D eigenvalue weighted by molar-refractivity contribution is 5.81. The summed E-state index contributed by atoms with van der Waals surface area (Å²) in [6.45, 7) is 3.68. The monoisotopic (exact) mass is 388 g/mol. The lowest BCUT2D eigenvalue weighted by molar-refractivity contribution is -0.126. The molecule has 2 aromatic rings. The summed E-state index contributed by atoms with van der Waals surface area (Å²) in [4.78, 5) is 22.3. The molecular formula is C21H26F2N4O. The van der Waals surface area contributed by atoms with Gasteiger partial charge in [0.2, 0.25) is 5.91 Å². The van der Waals surface area contributed by atoms with Crippen molar-refractivity contribution >= 4 is 5.91 Å². The lowest BCUT2D eigenvalue weighted by atomic mass is 9.89. The number of hydrogen-bond acceptors (Lipinski definition) is 4. The minimum absolute atomic E-state index is 0.0498. The van der Waals surface area contributed by atoms with Gasteiger partial charge in [0.1, 0.15) is 11.5 Å². The predicted octanol–water partition coefficient (Wildman–Crippen LogP) is 3.37. The third kappa shape index (κ3) is 5.55. The zero-order valence-electron chi connectivity index (χ0n) is 16.0. The van der Waals surface area contributed by atoms with Gasteiger partial charge in [-0.05, 0) is 56.8 Å². The molecule has 1 aliphatic rings. The first-order valence-corrected chi connectivity index (χ1v) is 9.68. The molecule has 0 radical (unpaired) electrons. The maximum Gasteiger partial charge on any atom is 0.280 e. The number of carbonyl (C=O) groups excluding carboxylic acids is 1. The summed E-state index contributed by atoms with van der Waals surface area (Å²) in [5.41, 5.74) is 1.03. The topological polar surface area (TPSA) is 58.1 Å². The summed E-state index contributed by atoms with van der Waals surface area (Å²) >= 11 is 0. The summed E-state index contributed by atoms with van der Waals surface area (Å²) in [5, 5.41) is 2.76. The van der Waals surface area contributed by atoms with Crippen LogP contribution in [0.15, 0.2) is 42.6 Å². The van der Waals surface area contributed by atoms with Gasteiger partial charge in [-0.3, -0.25) is 9.69 Å². The van der Waals surface area contributed by atoms with Gasteiger partial charge in [-0.1, -0.05) is 30.3 Å². The minimum atomic E-state index is -2.64. The number of alkyl halides is 2. The van der Waals surface area contributed by atoms with Crippen molar-refractivity contribution in [2.75, 3.05) is 13.1 Å². The van der Waals surface area contributed by atoms with Gasteiger partial charge in [-0.25, -0.2) is 18.7 Å². The number of hydrogen-bond donors (Lipinski definition) is 1. The largest absolute Gasteiger partial charge is 0.347 e. The van der Waals surface area contributed by atoms with Crippen LogP contribution in [0.4, 0.5) is 8.78 Å². The summed E-state index contributed by atoms with van der Waals surface area (Å²) in [5.74, 6) is 0.701. The van der Waals surface area contributed by atoms with Crippen LogP contribution in [0.5, 0.6) is 0 Å². The normalized spacial score (nSPS) is 16.9. The molecule has 0 saturated carbocycles. The van der Waals surface area contributed by atoms with Crippen LogP contribution in [0.3, 0.4) is 0 Å². The van der Waals surface area contributed by atoms with Gasteiger partial charge in [0, 0.05) is 6.20 Å². The highest BCUT2D eigenvalue weighted by Crippen LogP contribution is 2.23. The molecule has 0 spiro atoms. The number of nitrogens with one attached hydrogen (secondary N) is 1. The molecule has 150 valence electrons. The number of rotatable bonds is 7. The lowest BCUT2D eigenvalue weighted by Gasteiger charge is -2.35. The number of nitrogens with zero attached hydrogens (tertiary/aromatic N) is 3. The van der Waals surface area contributed by atoms with Gasteiger partial charge in [-0.15, -0.1) is 0 Å². The number of piperidine rings is 1. The van der Waals surface area contributed by atoms with E-state index < -0.39 is 6.43 Å². The highest BCUT2D eigenvalue weighted by Gasteiger charge is 2.26. The highest BCUT2D eigenvalue weighted by atomic mass is 19.3. The van der Waals surface area contributed by atoms with Gasteiger partial charge < -0.3 is 5.32 Å². The van der Waals surface area contributed by atoms with E-state index in [1.807, 2.05) is 13.0 Å². The molecule has 28 heavy (non-hydrogen) atoms. The zero-order chi connectivity index (χ0) is 19.9. The van der Waals surface area contributed by atoms with E-state index in [1.165, 1.54) is 17.8 Å². The first-order valence-electron chi connectivity index (χ1n) is 9.68. The molecular weight excluding hydrogens is 362 g/mol. The van der Waals surface area contributed by atoms with E-state index in [2.05, 4.69) is 44.5 Å². The van der Waals surface area contributed by atoms with Crippen molar-refractivity contribution in [2.45, 2.75) is 45.2 Å². The standard InChI is InChI=1S/C21H26F2N4O/c1-15(21(28)25-14-19-24-10-7-18(26-19)20(22)23)27-11-8-17(9-12-27)13-16-5-3-2-4-6-16/h2-7,10,15,17,20H,8-9,11-14H2,1H3,(H,25,28). The Morgan fingerprint density at radius 3 is 2.61 bits per heavy atom. The number of carbonyl (C=O) groups is 1. The van der Waals surface area contributed by atoms with Crippen LogP contribution in [0.2, 0.25) is 0 Å². The van der Waals surface area contributed by atoms with Gasteiger partial charge in [0.25, 0.3) is 6.43 Å². The summed E-state index contributed by atoms with van der Waals surface area (Å²) < 4.78 is 25.4. The Morgan fingerprint density at radius 2 is 1.93 bits per heavy atom. The fourth-order valence-electron chi connectivity index (χ4n) is 3.59. The molecule has 1 unspecified atom stereocenters. The van der Waals surface area contributed by atoms with E-state index in [1.54, 1.807) is 0 Å². The molecule has 1 aromatic carbocycles. The molecule has 1 fully saturated rings. The number of amides is 1. The maximum atomic E-state index is 12.7. The molecule has 1 aromatic heterocycles. The molecule has 5 nitrogen and oxygen atoms in total. The van der Waals surface area contributed by atoms with Crippen LogP contribution >= 0.6 is 0 Å². The average Bonchev–Trinajstić information content (AvgIpc) is 2.73. The Balaban J connectivity index is 1.45. The second-order valence-electron chi connectivity index (χ2n) is 7.26. The van der Waals surface area contributed by atoms with Crippen LogP contribution in [-0.4, -0.2) is 39.9 Å². The van der Waals surface area contributed by atoms with E-state index >= 15 is 0 Å². The van der Waals surface area contributed by atoms with Crippen molar-refractivity contribution in [3.63, 3.8) is 0 Å². The first kappa shape index (κ1) is 20.3. The van der Waals surface area contributed by atoms with E-state index in [-0.39, 0.29) is 30.0 Å². The summed E-state index contributed by atoms with van der Waals surface area (Å²) in [6, 6.07) is 11.4. The van der Waals surface area contributed by atoms with Gasteiger partial charge in [-0.2, -0.15) is 0 Å². The third-order valence-corrected chi connectivity index (χ3v) is 5.31. The fourth-order valence-corrected chi connectivity index (χ4v) is 3.59. The van der Waals surface area contributed by atoms with Crippen LogP contribution in [0.1, 0.15) is 43.3 Å². The van der Waals surface area contributed by atoms with Crippen molar-refractivity contribution in [1.29, 1.82) is 0 Å². The second-order valence-corrected chi connectivity index (χ2v) is 7.26. The molecule has 1 atom stereocenters. The van der Waals surface area contributed by atoms with E-state index in [0.717, 1.165) is 32.4 Å². The number of halogens is 2. The van der Waals surface area contributed by atoms with E-state index in [4.69, 9.17) is 0 Å². The van der Waals surface area contributed by atoms with Crippen LogP contribution in [0.25, 0.3) is 0 Å². The molecule has 2 heterocycles. The SMILES string of the molecule is CC(C(=O)NCc1nccc(C(F)F)n1)N1CCC(Cc2ccccc2)CC1. The fraction of sp³-hybridized carbons (Fsp3) is 0.476. The third-order valence-electron chi connectivity index (χ3n) is 5.31. The molecule has 0 aliphatic carbocycles. The Morgan fingerprint density at radius 1 is 1.21 bits per heavy atom. The molecule has 1 N–H and O–H groups in total. The Labute approximate surface area is 164 Å². The predicted molar refractivity (Wildman–Crippen MR) is 103 cm³/mol.